The topological polar surface area (TPSA) is 81.5 Å². The van der Waals surface area contributed by atoms with Gasteiger partial charge < -0.3 is 4.74 Å². The third-order valence-corrected chi connectivity index (χ3v) is 3.23. The van der Waals surface area contributed by atoms with Crippen LogP contribution in [-0.2, 0) is 9.53 Å². The molecule has 0 radical (unpaired) electrons. The van der Waals surface area contributed by atoms with Crippen molar-refractivity contribution in [2.75, 3.05) is 7.11 Å². The summed E-state index contributed by atoms with van der Waals surface area (Å²) in [6, 6.07) is 5.79. The van der Waals surface area contributed by atoms with Gasteiger partial charge in [0, 0.05) is 18.2 Å². The fourth-order valence-corrected chi connectivity index (χ4v) is 2.15. The monoisotopic (exact) mass is 294 g/mol. The first-order chi connectivity index (χ1) is 9.85. The molecule has 1 aromatic carbocycles. The van der Waals surface area contributed by atoms with E-state index in [1.165, 1.54) is 19.2 Å². The standard InChI is InChI=1S/C15H22N2O4/c1-10(2)8-14(15(18)21-4)16-11(3)12-6-5-7-13(9-12)17(19)20/h5-7,9-11,14,16H,8H2,1-4H3. The van der Waals surface area contributed by atoms with Crippen LogP contribution in [-0.4, -0.2) is 24.0 Å². The number of non-ortho nitro benzene ring substituents is 1. The number of benzene rings is 1. The molecule has 0 aliphatic carbocycles. The molecule has 0 spiro atoms. The maximum absolute atomic E-state index is 11.8. The molecule has 0 aliphatic heterocycles. The molecule has 0 aliphatic rings. The van der Waals surface area contributed by atoms with Crippen molar-refractivity contribution in [3.05, 3.63) is 39.9 Å². The second-order valence-electron chi connectivity index (χ2n) is 5.45. The molecule has 6 nitrogen and oxygen atoms in total. The number of ether oxygens (including phenoxy) is 1. The van der Waals surface area contributed by atoms with E-state index in [2.05, 4.69) is 5.32 Å². The Bertz CT molecular complexity index is 502. The van der Waals surface area contributed by atoms with Crippen LogP contribution in [0.25, 0.3) is 0 Å². The normalized spacial score (nSPS) is 13.8. The third kappa shape index (κ3) is 5.15. The van der Waals surface area contributed by atoms with Crippen LogP contribution in [0, 0.1) is 16.0 Å². The van der Waals surface area contributed by atoms with Crippen LogP contribution in [0.1, 0.15) is 38.8 Å². The van der Waals surface area contributed by atoms with E-state index in [1.807, 2.05) is 20.8 Å². The van der Waals surface area contributed by atoms with Gasteiger partial charge in [-0.05, 0) is 24.8 Å². The molecule has 0 fully saturated rings. The molecular formula is C15H22N2O4. The smallest absolute Gasteiger partial charge is 0.322 e. The Labute approximate surface area is 124 Å². The highest BCUT2D eigenvalue weighted by Crippen LogP contribution is 2.20. The first-order valence-corrected chi connectivity index (χ1v) is 6.93. The zero-order valence-electron chi connectivity index (χ0n) is 12.8. The average molecular weight is 294 g/mol. The van der Waals surface area contributed by atoms with Crippen LogP contribution in [0.5, 0.6) is 0 Å². The van der Waals surface area contributed by atoms with Gasteiger partial charge in [-0.1, -0.05) is 26.0 Å². The number of nitro groups is 1. The number of methoxy groups -OCH3 is 1. The number of rotatable bonds is 7. The number of nitrogens with one attached hydrogen (secondary N) is 1. The van der Waals surface area contributed by atoms with E-state index in [9.17, 15) is 14.9 Å². The lowest BCUT2D eigenvalue weighted by atomic mass is 10.0. The quantitative estimate of drug-likeness (QED) is 0.475. The van der Waals surface area contributed by atoms with Crippen molar-refractivity contribution in [1.29, 1.82) is 0 Å². The van der Waals surface area contributed by atoms with Crippen molar-refractivity contribution in [3.8, 4) is 0 Å². The molecule has 116 valence electrons. The largest absolute Gasteiger partial charge is 0.468 e. The predicted molar refractivity (Wildman–Crippen MR) is 79.9 cm³/mol. The van der Waals surface area contributed by atoms with Gasteiger partial charge in [0.25, 0.3) is 5.69 Å². The lowest BCUT2D eigenvalue weighted by Gasteiger charge is -2.23. The van der Waals surface area contributed by atoms with Gasteiger partial charge in [-0.25, -0.2) is 0 Å². The maximum atomic E-state index is 11.8. The van der Waals surface area contributed by atoms with E-state index in [-0.39, 0.29) is 17.7 Å². The van der Waals surface area contributed by atoms with Crippen molar-refractivity contribution in [2.45, 2.75) is 39.3 Å². The number of nitro benzene ring substituents is 1. The van der Waals surface area contributed by atoms with Crippen LogP contribution >= 0.6 is 0 Å². The van der Waals surface area contributed by atoms with Gasteiger partial charge in [0.1, 0.15) is 6.04 Å². The van der Waals surface area contributed by atoms with Gasteiger partial charge in [0.2, 0.25) is 0 Å². The van der Waals surface area contributed by atoms with Crippen LogP contribution in [0.2, 0.25) is 0 Å². The summed E-state index contributed by atoms with van der Waals surface area (Å²) in [5.74, 6) is 0.0138. The molecule has 1 aromatic rings. The van der Waals surface area contributed by atoms with E-state index >= 15 is 0 Å². The van der Waals surface area contributed by atoms with E-state index in [4.69, 9.17) is 4.74 Å². The summed E-state index contributed by atoms with van der Waals surface area (Å²) in [6.45, 7) is 5.92. The van der Waals surface area contributed by atoms with Crippen molar-refractivity contribution in [3.63, 3.8) is 0 Å². The third-order valence-electron chi connectivity index (χ3n) is 3.23. The molecular weight excluding hydrogens is 272 g/mol. The van der Waals surface area contributed by atoms with Crippen molar-refractivity contribution in [1.82, 2.24) is 5.32 Å². The zero-order chi connectivity index (χ0) is 16.0. The van der Waals surface area contributed by atoms with Crippen LogP contribution in [0.3, 0.4) is 0 Å². The molecule has 0 heterocycles. The Balaban J connectivity index is 2.85. The Hall–Kier alpha value is -1.95. The maximum Gasteiger partial charge on any atom is 0.322 e. The molecule has 21 heavy (non-hydrogen) atoms. The highest BCUT2D eigenvalue weighted by molar-refractivity contribution is 5.75. The minimum atomic E-state index is -0.428. The van der Waals surface area contributed by atoms with Gasteiger partial charge in [-0.15, -0.1) is 0 Å². The summed E-state index contributed by atoms with van der Waals surface area (Å²) in [5.41, 5.74) is 0.807. The van der Waals surface area contributed by atoms with E-state index in [0.717, 1.165) is 5.56 Å². The number of esters is 1. The summed E-state index contributed by atoms with van der Waals surface area (Å²) < 4.78 is 4.80. The van der Waals surface area contributed by atoms with Crippen LogP contribution in [0.4, 0.5) is 5.69 Å². The predicted octanol–water partition coefficient (Wildman–Crippen LogP) is 2.83. The Morgan fingerprint density at radius 2 is 2.05 bits per heavy atom. The molecule has 1 rings (SSSR count). The minimum Gasteiger partial charge on any atom is -0.468 e. The number of hydrogen-bond acceptors (Lipinski definition) is 5. The lowest BCUT2D eigenvalue weighted by Crippen LogP contribution is -2.40. The summed E-state index contributed by atoms with van der Waals surface area (Å²) >= 11 is 0. The van der Waals surface area contributed by atoms with Gasteiger partial charge in [-0.2, -0.15) is 0 Å². The fraction of sp³-hybridized carbons (Fsp3) is 0.533. The fourth-order valence-electron chi connectivity index (χ4n) is 2.15. The molecule has 2 atom stereocenters. The van der Waals surface area contributed by atoms with E-state index in [0.29, 0.717) is 12.3 Å². The summed E-state index contributed by atoms with van der Waals surface area (Å²) in [4.78, 5) is 22.2. The number of nitrogens with zero attached hydrogens (tertiary/aromatic N) is 1. The highest BCUT2D eigenvalue weighted by atomic mass is 16.6. The second kappa shape index (κ2) is 7.73. The first-order valence-electron chi connectivity index (χ1n) is 6.93. The van der Waals surface area contributed by atoms with E-state index in [1.54, 1.807) is 12.1 Å². The average Bonchev–Trinajstić information content (AvgIpc) is 2.45. The summed E-state index contributed by atoms with van der Waals surface area (Å²) in [6.07, 6.45) is 0.645. The molecule has 0 amide bonds. The van der Waals surface area contributed by atoms with Gasteiger partial charge in [-0.3, -0.25) is 20.2 Å². The molecule has 0 aromatic heterocycles. The Kier molecular flexibility index (Phi) is 6.30. The first kappa shape index (κ1) is 17.1. The Morgan fingerprint density at radius 3 is 2.57 bits per heavy atom. The SMILES string of the molecule is COC(=O)C(CC(C)C)NC(C)c1cccc([N+](=O)[O-])c1. The number of carbonyl (C=O) groups is 1. The second-order valence-corrected chi connectivity index (χ2v) is 5.45. The highest BCUT2D eigenvalue weighted by Gasteiger charge is 2.23. The zero-order valence-corrected chi connectivity index (χ0v) is 12.8. The van der Waals surface area contributed by atoms with Gasteiger partial charge >= 0.3 is 5.97 Å². The van der Waals surface area contributed by atoms with Crippen molar-refractivity contribution in [2.24, 2.45) is 5.92 Å². The van der Waals surface area contributed by atoms with E-state index < -0.39 is 11.0 Å². The Morgan fingerprint density at radius 1 is 1.38 bits per heavy atom. The van der Waals surface area contributed by atoms with Crippen LogP contribution in [0.15, 0.2) is 24.3 Å². The van der Waals surface area contributed by atoms with Crippen molar-refractivity contribution < 1.29 is 14.5 Å². The summed E-state index contributed by atoms with van der Waals surface area (Å²) in [7, 11) is 1.36. The van der Waals surface area contributed by atoms with Crippen LogP contribution < -0.4 is 5.32 Å². The van der Waals surface area contributed by atoms with Crippen molar-refractivity contribution >= 4 is 11.7 Å². The molecule has 0 saturated heterocycles. The molecule has 0 bridgehead atoms. The lowest BCUT2D eigenvalue weighted by molar-refractivity contribution is -0.384. The molecule has 0 saturated carbocycles. The number of carbonyl (C=O) groups excluding carboxylic acids is 1. The molecule has 1 N–H and O–H groups in total. The summed E-state index contributed by atoms with van der Waals surface area (Å²) in [5, 5.41) is 14.0. The van der Waals surface area contributed by atoms with Gasteiger partial charge in [0.05, 0.1) is 12.0 Å². The minimum absolute atomic E-state index is 0.0413. The van der Waals surface area contributed by atoms with Gasteiger partial charge in [0.15, 0.2) is 0 Å². The number of hydrogen-bond donors (Lipinski definition) is 1. The molecule has 2 unspecified atom stereocenters. The molecule has 6 heteroatoms.